The number of benzene rings is 1. The quantitative estimate of drug-likeness (QED) is 0.797. The third kappa shape index (κ3) is 3.11. The first kappa shape index (κ1) is 15.3. The second-order valence-electron chi connectivity index (χ2n) is 6.81. The summed E-state index contributed by atoms with van der Waals surface area (Å²) in [6.07, 6.45) is 3.47. The molecule has 0 aliphatic rings. The van der Waals surface area contributed by atoms with E-state index in [1.165, 1.54) is 5.56 Å². The summed E-state index contributed by atoms with van der Waals surface area (Å²) in [5.74, 6) is -0.847. The van der Waals surface area contributed by atoms with E-state index in [2.05, 4.69) is 50.1 Å². The zero-order valence-electron chi connectivity index (χ0n) is 13.6. The first-order valence-corrected chi connectivity index (χ1v) is 7.63. The third-order valence-electron chi connectivity index (χ3n) is 4.03. The fraction of sp³-hybridized carbons (Fsp3) is 0.263. The number of fused-ring (bicyclic) bond motifs is 1. The largest absolute Gasteiger partial charge is 0.481 e. The number of aliphatic carboxylic acids is 1. The first-order chi connectivity index (χ1) is 10.8. The number of nitrogens with zero attached hydrogens (tertiary/aromatic N) is 2. The summed E-state index contributed by atoms with van der Waals surface area (Å²) in [4.78, 5) is 11.0. The van der Waals surface area contributed by atoms with Crippen molar-refractivity contribution in [3.05, 3.63) is 59.9 Å². The van der Waals surface area contributed by atoms with Crippen LogP contribution in [0.3, 0.4) is 0 Å². The highest BCUT2D eigenvalue weighted by atomic mass is 16.4. The van der Waals surface area contributed by atoms with Gasteiger partial charge < -0.3 is 5.11 Å². The van der Waals surface area contributed by atoms with E-state index < -0.39 is 5.97 Å². The van der Waals surface area contributed by atoms with Gasteiger partial charge in [0.15, 0.2) is 0 Å². The Labute approximate surface area is 135 Å². The van der Waals surface area contributed by atoms with E-state index in [0.29, 0.717) is 0 Å². The van der Waals surface area contributed by atoms with Gasteiger partial charge in [-0.2, -0.15) is 5.10 Å². The minimum absolute atomic E-state index is 0.0179. The zero-order valence-corrected chi connectivity index (χ0v) is 13.6. The Morgan fingerprint density at radius 1 is 1.13 bits per heavy atom. The van der Waals surface area contributed by atoms with Crippen LogP contribution in [-0.2, 0) is 16.6 Å². The monoisotopic (exact) mass is 308 g/mol. The number of rotatable bonds is 3. The van der Waals surface area contributed by atoms with Gasteiger partial charge in [-0.15, -0.1) is 0 Å². The molecule has 4 heteroatoms. The molecule has 0 saturated heterocycles. The van der Waals surface area contributed by atoms with Crippen LogP contribution in [-0.4, -0.2) is 20.7 Å². The molecule has 0 spiro atoms. The average Bonchev–Trinajstić information content (AvgIpc) is 2.88. The standard InChI is InChI=1S/C19H20N2O2/c1-19(2,3)16-6-4-13(5-7-16)14-8-9-21-17(10-14)15(12-20-21)11-18(22)23/h4-10,12H,11H2,1-3H3,(H,22,23). The van der Waals surface area contributed by atoms with E-state index in [4.69, 9.17) is 5.11 Å². The molecule has 3 rings (SSSR count). The van der Waals surface area contributed by atoms with Crippen LogP contribution in [0.1, 0.15) is 31.9 Å². The Kier molecular flexibility index (Phi) is 3.68. The molecule has 4 nitrogen and oxygen atoms in total. The summed E-state index contributed by atoms with van der Waals surface area (Å²) in [5, 5.41) is 13.2. The number of carbonyl (C=O) groups is 1. The normalized spacial score (nSPS) is 11.8. The topological polar surface area (TPSA) is 54.6 Å². The average molecular weight is 308 g/mol. The highest BCUT2D eigenvalue weighted by molar-refractivity contribution is 5.76. The summed E-state index contributed by atoms with van der Waals surface area (Å²) in [6, 6.07) is 12.5. The Bertz CT molecular complexity index is 855. The van der Waals surface area contributed by atoms with Crippen LogP contribution in [0, 0.1) is 0 Å². The van der Waals surface area contributed by atoms with E-state index in [1.54, 1.807) is 10.7 Å². The van der Waals surface area contributed by atoms with Gasteiger partial charge in [-0.25, -0.2) is 4.52 Å². The Balaban J connectivity index is 2.01. The molecule has 23 heavy (non-hydrogen) atoms. The van der Waals surface area contributed by atoms with Gasteiger partial charge in [0.25, 0.3) is 0 Å². The van der Waals surface area contributed by atoms with Crippen LogP contribution >= 0.6 is 0 Å². The van der Waals surface area contributed by atoms with Crippen molar-refractivity contribution >= 4 is 11.5 Å². The van der Waals surface area contributed by atoms with Crippen LogP contribution in [0.15, 0.2) is 48.8 Å². The molecule has 0 saturated carbocycles. The molecular weight excluding hydrogens is 288 g/mol. The van der Waals surface area contributed by atoms with Crippen molar-refractivity contribution in [2.24, 2.45) is 0 Å². The van der Waals surface area contributed by atoms with Crippen LogP contribution in [0.4, 0.5) is 0 Å². The van der Waals surface area contributed by atoms with E-state index in [0.717, 1.165) is 22.2 Å². The van der Waals surface area contributed by atoms with E-state index in [9.17, 15) is 4.79 Å². The molecule has 3 aromatic rings. The lowest BCUT2D eigenvalue weighted by atomic mass is 9.86. The molecule has 1 N–H and O–H groups in total. The number of hydrogen-bond acceptors (Lipinski definition) is 2. The molecule has 0 atom stereocenters. The molecular formula is C19H20N2O2. The molecule has 0 bridgehead atoms. The van der Waals surface area contributed by atoms with Gasteiger partial charge in [0, 0.05) is 11.8 Å². The molecule has 0 radical (unpaired) electrons. The Morgan fingerprint density at radius 3 is 2.43 bits per heavy atom. The van der Waals surface area contributed by atoms with Crippen molar-refractivity contribution in [3.8, 4) is 11.1 Å². The van der Waals surface area contributed by atoms with Gasteiger partial charge in [-0.1, -0.05) is 45.0 Å². The lowest BCUT2D eigenvalue weighted by Crippen LogP contribution is -2.10. The fourth-order valence-corrected chi connectivity index (χ4v) is 2.67. The van der Waals surface area contributed by atoms with Crippen LogP contribution in [0.25, 0.3) is 16.6 Å². The minimum atomic E-state index is -0.847. The Morgan fingerprint density at radius 2 is 1.83 bits per heavy atom. The number of hydrogen-bond donors (Lipinski definition) is 1. The van der Waals surface area contributed by atoms with Crippen LogP contribution in [0.2, 0.25) is 0 Å². The second-order valence-corrected chi connectivity index (χ2v) is 6.81. The molecule has 2 aromatic heterocycles. The lowest BCUT2D eigenvalue weighted by molar-refractivity contribution is -0.136. The summed E-state index contributed by atoms with van der Waals surface area (Å²) in [7, 11) is 0. The molecule has 0 amide bonds. The van der Waals surface area contributed by atoms with Gasteiger partial charge in [0.2, 0.25) is 0 Å². The molecule has 0 unspecified atom stereocenters. The second kappa shape index (κ2) is 5.54. The van der Waals surface area contributed by atoms with E-state index in [1.807, 2.05) is 18.3 Å². The molecule has 2 heterocycles. The smallest absolute Gasteiger partial charge is 0.307 e. The maximum absolute atomic E-state index is 11.0. The minimum Gasteiger partial charge on any atom is -0.481 e. The maximum atomic E-state index is 11.0. The SMILES string of the molecule is CC(C)(C)c1ccc(-c2ccn3ncc(CC(=O)O)c3c2)cc1. The zero-order chi connectivity index (χ0) is 16.6. The van der Waals surface area contributed by atoms with Gasteiger partial charge in [-0.05, 0) is 34.2 Å². The summed E-state index contributed by atoms with van der Waals surface area (Å²) in [6.45, 7) is 6.58. The predicted molar refractivity (Wildman–Crippen MR) is 90.7 cm³/mol. The third-order valence-corrected chi connectivity index (χ3v) is 4.03. The van der Waals surface area contributed by atoms with Crippen LogP contribution < -0.4 is 0 Å². The molecule has 0 aliphatic heterocycles. The van der Waals surface area contributed by atoms with Gasteiger partial charge in [0.1, 0.15) is 0 Å². The predicted octanol–water partition coefficient (Wildman–Crippen LogP) is 3.93. The van der Waals surface area contributed by atoms with Crippen LogP contribution in [0.5, 0.6) is 0 Å². The fourth-order valence-electron chi connectivity index (χ4n) is 2.67. The van der Waals surface area contributed by atoms with Gasteiger partial charge >= 0.3 is 5.97 Å². The number of aromatic nitrogens is 2. The Hall–Kier alpha value is -2.62. The molecule has 0 aliphatic carbocycles. The van der Waals surface area contributed by atoms with Crippen molar-refractivity contribution in [1.29, 1.82) is 0 Å². The summed E-state index contributed by atoms with van der Waals surface area (Å²) in [5.41, 5.74) is 5.16. The van der Waals surface area contributed by atoms with Crippen molar-refractivity contribution in [3.63, 3.8) is 0 Å². The van der Waals surface area contributed by atoms with E-state index in [-0.39, 0.29) is 11.8 Å². The first-order valence-electron chi connectivity index (χ1n) is 7.63. The van der Waals surface area contributed by atoms with Crippen molar-refractivity contribution < 1.29 is 9.90 Å². The lowest BCUT2D eigenvalue weighted by Gasteiger charge is -2.19. The summed E-state index contributed by atoms with van der Waals surface area (Å²) < 4.78 is 1.71. The van der Waals surface area contributed by atoms with Crippen molar-refractivity contribution in [2.75, 3.05) is 0 Å². The van der Waals surface area contributed by atoms with Crippen molar-refractivity contribution in [1.82, 2.24) is 9.61 Å². The molecule has 118 valence electrons. The number of carboxylic acids is 1. The molecule has 1 aromatic carbocycles. The maximum Gasteiger partial charge on any atom is 0.307 e. The highest BCUT2D eigenvalue weighted by Crippen LogP contribution is 2.27. The summed E-state index contributed by atoms with van der Waals surface area (Å²) >= 11 is 0. The number of pyridine rings is 1. The highest BCUT2D eigenvalue weighted by Gasteiger charge is 2.13. The molecule has 0 fully saturated rings. The van der Waals surface area contributed by atoms with E-state index >= 15 is 0 Å². The number of carboxylic acid groups (broad SMARTS) is 1. The van der Waals surface area contributed by atoms with Gasteiger partial charge in [-0.3, -0.25) is 4.79 Å². The van der Waals surface area contributed by atoms with Gasteiger partial charge in [0.05, 0.1) is 18.1 Å². The van der Waals surface area contributed by atoms with Crippen molar-refractivity contribution in [2.45, 2.75) is 32.6 Å².